The average Bonchev–Trinajstić information content (AvgIpc) is 2.63. The molecule has 2 N–H and O–H groups in total. The van der Waals surface area contributed by atoms with Crippen molar-refractivity contribution in [1.29, 1.82) is 10.5 Å². The molecule has 0 radical (unpaired) electrons. The van der Waals surface area contributed by atoms with Crippen molar-refractivity contribution in [2.45, 2.75) is 0 Å². The molecule has 0 aliphatic rings. The van der Waals surface area contributed by atoms with Crippen LogP contribution in [0.5, 0.6) is 0 Å². The highest BCUT2D eigenvalue weighted by Crippen LogP contribution is 2.17. The summed E-state index contributed by atoms with van der Waals surface area (Å²) in [7, 11) is 0. The lowest BCUT2D eigenvalue weighted by atomic mass is 10.2. The van der Waals surface area contributed by atoms with Crippen molar-refractivity contribution in [3.8, 4) is 12.1 Å². The summed E-state index contributed by atoms with van der Waals surface area (Å²) in [5, 5.41) is 33.9. The molecule has 0 unspecified atom stereocenters. The van der Waals surface area contributed by atoms with Crippen LogP contribution in [0, 0.1) is 32.8 Å². The van der Waals surface area contributed by atoms with Crippen molar-refractivity contribution < 1.29 is 9.72 Å². The van der Waals surface area contributed by atoms with Crippen LogP contribution in [0.1, 0.15) is 5.56 Å². The van der Waals surface area contributed by atoms with E-state index < -0.39 is 10.8 Å². The van der Waals surface area contributed by atoms with Gasteiger partial charge in [0.1, 0.15) is 17.7 Å². The van der Waals surface area contributed by atoms with E-state index in [-0.39, 0.29) is 11.3 Å². The number of nitriles is 2. The van der Waals surface area contributed by atoms with E-state index in [1.807, 2.05) is 6.07 Å². The summed E-state index contributed by atoms with van der Waals surface area (Å²) < 4.78 is 0. The summed E-state index contributed by atoms with van der Waals surface area (Å²) >= 11 is 0. The number of non-ortho nitro benzene ring substituents is 1. The minimum Gasteiger partial charge on any atom is -0.359 e. The highest BCUT2D eigenvalue weighted by atomic mass is 16.6. The Bertz CT molecular complexity index is 921. The van der Waals surface area contributed by atoms with Crippen LogP contribution in [-0.4, -0.2) is 10.8 Å². The summed E-state index contributed by atoms with van der Waals surface area (Å²) in [6, 6.07) is 15.6. The fourth-order valence-corrected chi connectivity index (χ4v) is 1.87. The average molecular weight is 333 g/mol. The molecular formula is C17H11N5O3. The van der Waals surface area contributed by atoms with Gasteiger partial charge >= 0.3 is 0 Å². The van der Waals surface area contributed by atoms with Gasteiger partial charge in [0.25, 0.3) is 11.6 Å². The lowest BCUT2D eigenvalue weighted by molar-refractivity contribution is -0.384. The van der Waals surface area contributed by atoms with Gasteiger partial charge in [0.2, 0.25) is 0 Å². The first-order valence-corrected chi connectivity index (χ1v) is 6.97. The third kappa shape index (κ3) is 4.41. The van der Waals surface area contributed by atoms with Crippen molar-refractivity contribution in [2.75, 3.05) is 10.6 Å². The lowest BCUT2D eigenvalue weighted by Crippen LogP contribution is -2.14. The van der Waals surface area contributed by atoms with Crippen LogP contribution >= 0.6 is 0 Å². The summed E-state index contributed by atoms with van der Waals surface area (Å²) in [6.45, 7) is 0. The summed E-state index contributed by atoms with van der Waals surface area (Å²) in [5.41, 5.74) is 0.816. The normalized spacial score (nSPS) is 10.2. The molecule has 0 fully saturated rings. The van der Waals surface area contributed by atoms with Gasteiger partial charge < -0.3 is 10.6 Å². The number of hydrogen-bond acceptors (Lipinski definition) is 6. The molecule has 25 heavy (non-hydrogen) atoms. The molecule has 0 bridgehead atoms. The predicted molar refractivity (Wildman–Crippen MR) is 90.2 cm³/mol. The Hall–Kier alpha value is -4.17. The van der Waals surface area contributed by atoms with E-state index in [0.29, 0.717) is 16.9 Å². The van der Waals surface area contributed by atoms with Crippen LogP contribution in [0.25, 0.3) is 0 Å². The van der Waals surface area contributed by atoms with E-state index in [1.165, 1.54) is 30.5 Å². The molecule has 0 atom stereocenters. The molecule has 2 rings (SSSR count). The van der Waals surface area contributed by atoms with Crippen LogP contribution in [-0.2, 0) is 4.79 Å². The van der Waals surface area contributed by atoms with Crippen molar-refractivity contribution >= 4 is 23.0 Å². The maximum atomic E-state index is 12.1. The molecule has 0 saturated carbocycles. The molecule has 2 aromatic rings. The summed E-state index contributed by atoms with van der Waals surface area (Å²) in [4.78, 5) is 22.1. The van der Waals surface area contributed by atoms with E-state index in [9.17, 15) is 14.9 Å². The minimum absolute atomic E-state index is 0.108. The van der Waals surface area contributed by atoms with E-state index in [2.05, 4.69) is 10.6 Å². The van der Waals surface area contributed by atoms with Crippen molar-refractivity contribution in [3.63, 3.8) is 0 Å². The number of amides is 1. The van der Waals surface area contributed by atoms with E-state index in [1.54, 1.807) is 30.3 Å². The van der Waals surface area contributed by atoms with Gasteiger partial charge in [-0.05, 0) is 24.3 Å². The SMILES string of the molecule is N#C/C(=C/Nc1ccccc1C#N)C(=O)Nc1ccc([N+](=O)[O-])cc1. The van der Waals surface area contributed by atoms with Gasteiger partial charge in [-0.25, -0.2) is 0 Å². The number of carbonyl (C=O) groups excluding carboxylic acids is 1. The summed E-state index contributed by atoms with van der Waals surface area (Å²) in [5.74, 6) is -0.682. The molecule has 122 valence electrons. The number of anilines is 2. The smallest absolute Gasteiger partial charge is 0.269 e. The van der Waals surface area contributed by atoms with Gasteiger partial charge in [-0.2, -0.15) is 10.5 Å². The molecule has 0 aliphatic heterocycles. The van der Waals surface area contributed by atoms with E-state index in [4.69, 9.17) is 10.5 Å². The van der Waals surface area contributed by atoms with Crippen molar-refractivity contribution in [2.24, 2.45) is 0 Å². The number of hydrogen-bond donors (Lipinski definition) is 2. The number of para-hydroxylation sites is 1. The Kier molecular flexibility index (Phi) is 5.43. The maximum Gasteiger partial charge on any atom is 0.269 e. The number of rotatable bonds is 5. The Morgan fingerprint density at radius 2 is 1.80 bits per heavy atom. The number of nitro groups is 1. The second-order valence-corrected chi connectivity index (χ2v) is 4.73. The number of nitrogens with zero attached hydrogens (tertiary/aromatic N) is 3. The second-order valence-electron chi connectivity index (χ2n) is 4.73. The molecule has 8 heteroatoms. The highest BCUT2D eigenvalue weighted by Gasteiger charge is 2.11. The van der Waals surface area contributed by atoms with Crippen LogP contribution < -0.4 is 10.6 Å². The molecule has 1 amide bonds. The molecule has 2 aromatic carbocycles. The quantitative estimate of drug-likeness (QED) is 0.374. The first-order valence-electron chi connectivity index (χ1n) is 6.97. The summed E-state index contributed by atoms with van der Waals surface area (Å²) in [6.07, 6.45) is 1.19. The topological polar surface area (TPSA) is 132 Å². The number of nitro benzene ring substituents is 1. The Labute approximate surface area is 142 Å². The van der Waals surface area contributed by atoms with Gasteiger partial charge in [0, 0.05) is 24.0 Å². The third-order valence-corrected chi connectivity index (χ3v) is 3.12. The van der Waals surface area contributed by atoms with Gasteiger partial charge in [-0.1, -0.05) is 12.1 Å². The monoisotopic (exact) mass is 333 g/mol. The number of carbonyl (C=O) groups is 1. The first-order chi connectivity index (χ1) is 12.0. The first kappa shape index (κ1) is 17.2. The molecule has 0 spiro atoms. The fourth-order valence-electron chi connectivity index (χ4n) is 1.87. The Balaban J connectivity index is 2.11. The fraction of sp³-hybridized carbons (Fsp3) is 0. The van der Waals surface area contributed by atoms with Crippen LogP contribution in [0.15, 0.2) is 60.3 Å². The van der Waals surface area contributed by atoms with Crippen molar-refractivity contribution in [3.05, 3.63) is 76.0 Å². The van der Waals surface area contributed by atoms with Gasteiger partial charge in [-0.15, -0.1) is 0 Å². The molecule has 0 aliphatic carbocycles. The lowest BCUT2D eigenvalue weighted by Gasteiger charge is -2.06. The third-order valence-electron chi connectivity index (χ3n) is 3.12. The van der Waals surface area contributed by atoms with Gasteiger partial charge in [-0.3, -0.25) is 14.9 Å². The van der Waals surface area contributed by atoms with E-state index in [0.717, 1.165) is 0 Å². The van der Waals surface area contributed by atoms with Crippen molar-refractivity contribution in [1.82, 2.24) is 0 Å². The standard InChI is InChI=1S/C17H11N5O3/c18-9-12-3-1-2-4-16(12)20-11-13(10-19)17(23)21-14-5-7-15(8-6-14)22(24)25/h1-8,11,20H,(H,21,23)/b13-11-. The van der Waals surface area contributed by atoms with Crippen LogP contribution in [0.3, 0.4) is 0 Å². The van der Waals surface area contributed by atoms with Crippen LogP contribution in [0.2, 0.25) is 0 Å². The van der Waals surface area contributed by atoms with Gasteiger partial charge in [0.05, 0.1) is 16.2 Å². The zero-order valence-electron chi connectivity index (χ0n) is 12.8. The molecule has 0 aromatic heterocycles. The maximum absolute atomic E-state index is 12.1. The molecule has 0 heterocycles. The van der Waals surface area contributed by atoms with E-state index >= 15 is 0 Å². The number of nitrogens with one attached hydrogen (secondary N) is 2. The Morgan fingerprint density at radius 3 is 2.40 bits per heavy atom. The largest absolute Gasteiger partial charge is 0.359 e. The van der Waals surface area contributed by atoms with Gasteiger partial charge in [0.15, 0.2) is 0 Å². The molecular weight excluding hydrogens is 322 g/mol. The minimum atomic E-state index is -0.682. The van der Waals surface area contributed by atoms with Crippen LogP contribution in [0.4, 0.5) is 17.1 Å². The zero-order valence-corrected chi connectivity index (χ0v) is 12.8. The number of benzene rings is 2. The molecule has 8 nitrogen and oxygen atoms in total. The zero-order chi connectivity index (χ0) is 18.2. The predicted octanol–water partition coefficient (Wildman–Crippen LogP) is 2.92. The molecule has 0 saturated heterocycles. The highest BCUT2D eigenvalue weighted by molar-refractivity contribution is 6.06. The Morgan fingerprint density at radius 1 is 1.12 bits per heavy atom. The second kappa shape index (κ2) is 7.90.